The van der Waals surface area contributed by atoms with Crippen molar-refractivity contribution >= 4 is 46.6 Å². The molecule has 2 heterocycles. The van der Waals surface area contributed by atoms with Gasteiger partial charge in [0, 0.05) is 48.9 Å². The Kier molecular flexibility index (Phi) is 23.3. The first kappa shape index (κ1) is 64.7. The Labute approximate surface area is 489 Å². The number of benzene rings is 2. The van der Waals surface area contributed by atoms with E-state index in [1.165, 1.54) is 18.7 Å². The second kappa shape index (κ2) is 29.8. The number of hydrogen-bond acceptors (Lipinski definition) is 15. The third kappa shape index (κ3) is 18.8. The largest absolute Gasteiger partial charge is 0.504 e. The molecule has 83 heavy (non-hydrogen) atoms. The molecule has 5 fully saturated rings. The predicted octanol–water partition coefficient (Wildman–Crippen LogP) is 7.30. The van der Waals surface area contributed by atoms with Gasteiger partial charge in [-0.2, -0.15) is 0 Å². The summed E-state index contributed by atoms with van der Waals surface area (Å²) in [4.78, 5) is 107. The average Bonchev–Trinajstić information content (AvgIpc) is 3.85. The molecule has 3 amide bonds. The highest BCUT2D eigenvalue weighted by Crippen LogP contribution is 2.38. The highest BCUT2D eigenvalue weighted by atomic mass is 16.6. The molecule has 0 spiro atoms. The minimum atomic E-state index is -0.951. The number of aliphatic hydroxyl groups excluding tert-OH is 2. The molecule has 6 aliphatic rings. The number of methoxy groups -OCH3 is 2. The molecule has 8 unspecified atom stereocenters. The summed E-state index contributed by atoms with van der Waals surface area (Å²) in [6, 6.07) is 9.82. The summed E-state index contributed by atoms with van der Waals surface area (Å²) < 4.78 is 21.2. The van der Waals surface area contributed by atoms with Crippen LogP contribution in [0.2, 0.25) is 0 Å². The van der Waals surface area contributed by atoms with E-state index in [4.69, 9.17) is 18.9 Å². The summed E-state index contributed by atoms with van der Waals surface area (Å²) in [5, 5.41) is 38.5. The molecule has 0 aromatic heterocycles. The van der Waals surface area contributed by atoms with Gasteiger partial charge in [0.2, 0.25) is 17.7 Å². The van der Waals surface area contributed by atoms with Crippen LogP contribution >= 0.6 is 0 Å². The molecule has 18 nitrogen and oxygen atoms in total. The summed E-state index contributed by atoms with van der Waals surface area (Å²) >= 11 is 0. The van der Waals surface area contributed by atoms with Gasteiger partial charge in [-0.1, -0.05) is 62.5 Å². The Balaban J connectivity index is 0.000000239. The number of carbonyl (C=O) groups excluding carboxylic acids is 8. The van der Waals surface area contributed by atoms with Crippen LogP contribution in [0.15, 0.2) is 54.1 Å². The van der Waals surface area contributed by atoms with Gasteiger partial charge in [0.25, 0.3) is 0 Å². The first-order valence-electron chi connectivity index (χ1n) is 30.5. The first-order chi connectivity index (χ1) is 39.6. The molecule has 0 radical (unpaired) electrons. The number of allylic oxidation sites excluding steroid dienone is 2. The summed E-state index contributed by atoms with van der Waals surface area (Å²) in [6.45, 7) is 7.54. The van der Waals surface area contributed by atoms with Crippen molar-refractivity contribution in [3.63, 3.8) is 0 Å². The van der Waals surface area contributed by atoms with Crippen LogP contribution in [0.1, 0.15) is 167 Å². The first-order valence-corrected chi connectivity index (χ1v) is 30.5. The van der Waals surface area contributed by atoms with Gasteiger partial charge in [-0.25, -0.2) is 0 Å². The van der Waals surface area contributed by atoms with Crippen LogP contribution in [0, 0.1) is 35.5 Å². The third-order valence-electron chi connectivity index (χ3n) is 18.2. The molecule has 2 saturated heterocycles. The number of ketones is 5. The lowest BCUT2D eigenvalue weighted by atomic mass is 9.82. The third-order valence-corrected chi connectivity index (χ3v) is 18.2. The van der Waals surface area contributed by atoms with Crippen molar-refractivity contribution in [2.75, 3.05) is 27.4 Å². The summed E-state index contributed by atoms with van der Waals surface area (Å²) in [6.07, 6.45) is 14.9. The molecule has 18 heteroatoms. The number of phenolic OH excluding ortho intramolecular Hbond substituents is 1. The van der Waals surface area contributed by atoms with Crippen LogP contribution in [-0.4, -0.2) is 131 Å². The highest BCUT2D eigenvalue weighted by molar-refractivity contribution is 5.99. The molecular formula is C65H91N3O15. The Morgan fingerprint density at radius 1 is 0.627 bits per heavy atom. The SMILES string of the molecule is COc1ccc(CC(CC(=O)C(C)NC(=O)C2CCC(O)CC2)C(=O)NC(CC2CCCC2)C(=O)C2(C)CO2)cc1.COc1ccc(CC(NC(=O)C(C)CC(=O)C2CCC(O)CC2)C(=O)CC(CC2=CCCC2)C(=O)C2(C)CO2)cc1O. The van der Waals surface area contributed by atoms with Crippen molar-refractivity contribution in [3.8, 4) is 17.2 Å². The number of aromatic hydroxyl groups is 1. The lowest BCUT2D eigenvalue weighted by molar-refractivity contribution is -0.135. The van der Waals surface area contributed by atoms with Gasteiger partial charge < -0.3 is 50.2 Å². The van der Waals surface area contributed by atoms with E-state index >= 15 is 0 Å². The lowest BCUT2D eigenvalue weighted by Gasteiger charge is -2.27. The number of nitrogens with one attached hydrogen (secondary N) is 3. The van der Waals surface area contributed by atoms with Crippen LogP contribution in [-0.2, 0) is 60.7 Å². The topological polar surface area (TPSA) is 277 Å². The Morgan fingerprint density at radius 2 is 1.20 bits per heavy atom. The van der Waals surface area contributed by atoms with E-state index in [0.717, 1.165) is 50.5 Å². The molecule has 2 aromatic carbocycles. The maximum atomic E-state index is 13.8. The minimum Gasteiger partial charge on any atom is -0.504 e. The number of epoxide rings is 2. The van der Waals surface area contributed by atoms with E-state index in [1.807, 2.05) is 24.3 Å². The average molecular weight is 1150 g/mol. The molecule has 2 aromatic rings. The minimum absolute atomic E-state index is 0.000629. The number of Topliss-reactive ketones (excluding diaryl/α,β-unsaturated/α-hetero) is 5. The molecule has 4 aliphatic carbocycles. The number of aliphatic hydroxyl groups is 2. The molecule has 8 rings (SSSR count). The van der Waals surface area contributed by atoms with E-state index in [1.54, 1.807) is 46.9 Å². The van der Waals surface area contributed by atoms with Crippen molar-refractivity contribution in [2.45, 2.75) is 210 Å². The summed E-state index contributed by atoms with van der Waals surface area (Å²) in [5.41, 5.74) is 0.941. The van der Waals surface area contributed by atoms with Gasteiger partial charge in [-0.3, -0.25) is 38.4 Å². The van der Waals surface area contributed by atoms with Gasteiger partial charge in [-0.15, -0.1) is 0 Å². The van der Waals surface area contributed by atoms with Gasteiger partial charge in [-0.05, 0) is 158 Å². The zero-order valence-electron chi connectivity index (χ0n) is 49.7. The van der Waals surface area contributed by atoms with Crippen LogP contribution in [0.4, 0.5) is 0 Å². The Morgan fingerprint density at radius 3 is 1.77 bits per heavy atom. The van der Waals surface area contributed by atoms with Crippen LogP contribution in [0.25, 0.3) is 0 Å². The molecule has 3 saturated carbocycles. The van der Waals surface area contributed by atoms with Crippen molar-refractivity contribution in [1.29, 1.82) is 0 Å². The van der Waals surface area contributed by atoms with E-state index in [2.05, 4.69) is 22.0 Å². The number of carbonyl (C=O) groups is 8. The predicted molar refractivity (Wildman–Crippen MR) is 309 cm³/mol. The smallest absolute Gasteiger partial charge is 0.224 e. The molecular weight excluding hydrogens is 1060 g/mol. The number of phenols is 1. The van der Waals surface area contributed by atoms with Crippen LogP contribution in [0.3, 0.4) is 0 Å². The number of rotatable bonds is 29. The molecule has 2 aliphatic heterocycles. The maximum Gasteiger partial charge on any atom is 0.224 e. The van der Waals surface area contributed by atoms with E-state index in [-0.39, 0.29) is 96.2 Å². The van der Waals surface area contributed by atoms with Gasteiger partial charge in [0.1, 0.15) is 22.7 Å². The van der Waals surface area contributed by atoms with Crippen LogP contribution < -0.4 is 25.4 Å². The second-order valence-electron chi connectivity index (χ2n) is 25.0. The quantitative estimate of drug-likeness (QED) is 0.0344. The maximum absolute atomic E-state index is 13.8. The zero-order chi connectivity index (χ0) is 60.0. The summed E-state index contributed by atoms with van der Waals surface area (Å²) in [5.74, 6) is -2.66. The van der Waals surface area contributed by atoms with E-state index < -0.39 is 53.0 Å². The fourth-order valence-electron chi connectivity index (χ4n) is 12.4. The molecule has 8 atom stereocenters. The molecule has 456 valence electrons. The Bertz CT molecular complexity index is 2620. The Hall–Kier alpha value is -5.82. The van der Waals surface area contributed by atoms with E-state index in [0.29, 0.717) is 107 Å². The molecule has 6 N–H and O–H groups in total. The number of ether oxygens (including phenoxy) is 4. The van der Waals surface area contributed by atoms with Gasteiger partial charge in [0.15, 0.2) is 34.6 Å². The van der Waals surface area contributed by atoms with E-state index in [9.17, 15) is 53.7 Å². The lowest BCUT2D eigenvalue weighted by Crippen LogP contribution is -2.50. The normalized spacial score (nSPS) is 26.0. The van der Waals surface area contributed by atoms with Gasteiger partial charge >= 0.3 is 0 Å². The standard InChI is InChI=1S/C33H45NO8.C32H46N2O7/c1-20(14-27(36)23-9-11-25(35)12-10-23)32(40)34-26(16-22-8-13-30(41-3)29(38)17-22)28(37)18-24(15-21-6-4-5-7-21)31(39)33(2)19-42-33;1-20(33-30(38)23-10-12-25(35)13-11-23)28(36)18-24(16-22-8-14-26(40-3)15-9-22)31(39)34-27(17-21-6-4-5-7-21)29(37)32(2)19-41-32/h6,8,13,17,20,23-26,35,38H,4-5,7,9-12,14-16,18-19H2,1-3H3,(H,34,40);8-9,14-15,20-21,23-25,27,35H,4-7,10-13,16-19H2,1-3H3,(H,33,38)(H,34,39). The van der Waals surface area contributed by atoms with Crippen molar-refractivity contribution < 1.29 is 72.6 Å². The number of hydrogen-bond donors (Lipinski definition) is 6. The van der Waals surface area contributed by atoms with Crippen molar-refractivity contribution in [3.05, 3.63) is 65.2 Å². The second-order valence-corrected chi connectivity index (χ2v) is 25.0. The van der Waals surface area contributed by atoms with Gasteiger partial charge in [0.05, 0.1) is 57.8 Å². The van der Waals surface area contributed by atoms with Crippen LogP contribution in [0.5, 0.6) is 17.2 Å². The fraction of sp³-hybridized carbons (Fsp3) is 0.662. The fourth-order valence-corrected chi connectivity index (χ4v) is 12.4. The monoisotopic (exact) mass is 1150 g/mol. The summed E-state index contributed by atoms with van der Waals surface area (Å²) in [7, 11) is 3.03. The van der Waals surface area contributed by atoms with Crippen molar-refractivity contribution in [1.82, 2.24) is 16.0 Å². The zero-order valence-corrected chi connectivity index (χ0v) is 49.7. The molecule has 0 bridgehead atoms. The number of amides is 3. The van der Waals surface area contributed by atoms with Crippen molar-refractivity contribution in [2.24, 2.45) is 35.5 Å². The highest BCUT2D eigenvalue weighted by Gasteiger charge is 2.52.